The zero-order valence-corrected chi connectivity index (χ0v) is 15.3. The standard InChI is InChI=1S/C21H25N3O3/c22-23-20(25)18-9-5-12-24(15-18)21(26)17-8-4-10-19(14-17)27-13-11-16-6-2-1-3-7-16/h1-4,6-8,10,14,18H,5,9,11-13,15,22H2,(H,23,25). The van der Waals surface area contributed by atoms with Crippen molar-refractivity contribution < 1.29 is 14.3 Å². The smallest absolute Gasteiger partial charge is 0.254 e. The van der Waals surface area contributed by atoms with Gasteiger partial charge in [-0.05, 0) is 36.6 Å². The Morgan fingerprint density at radius 2 is 1.96 bits per heavy atom. The first-order valence-electron chi connectivity index (χ1n) is 9.24. The van der Waals surface area contributed by atoms with Crippen molar-refractivity contribution in [3.63, 3.8) is 0 Å². The molecule has 0 spiro atoms. The van der Waals surface area contributed by atoms with Crippen molar-refractivity contribution in [2.75, 3.05) is 19.7 Å². The predicted octanol–water partition coefficient (Wildman–Crippen LogP) is 2.15. The number of nitrogens with two attached hydrogens (primary N) is 1. The summed E-state index contributed by atoms with van der Waals surface area (Å²) in [5, 5.41) is 0. The van der Waals surface area contributed by atoms with E-state index in [1.165, 1.54) is 5.56 Å². The Morgan fingerprint density at radius 3 is 2.74 bits per heavy atom. The summed E-state index contributed by atoms with van der Waals surface area (Å²) in [6.45, 7) is 1.58. The van der Waals surface area contributed by atoms with Crippen LogP contribution in [0.15, 0.2) is 54.6 Å². The number of hydrazine groups is 1. The fourth-order valence-electron chi connectivity index (χ4n) is 3.33. The molecule has 6 nitrogen and oxygen atoms in total. The minimum absolute atomic E-state index is 0.0852. The van der Waals surface area contributed by atoms with Gasteiger partial charge in [0.25, 0.3) is 5.91 Å². The van der Waals surface area contributed by atoms with E-state index in [9.17, 15) is 9.59 Å². The van der Waals surface area contributed by atoms with Gasteiger partial charge in [-0.3, -0.25) is 15.0 Å². The molecule has 3 N–H and O–H groups in total. The molecular formula is C21H25N3O3. The van der Waals surface area contributed by atoms with Gasteiger partial charge in [-0.2, -0.15) is 0 Å². The lowest BCUT2D eigenvalue weighted by molar-refractivity contribution is -0.126. The van der Waals surface area contributed by atoms with Crippen LogP contribution in [0.4, 0.5) is 0 Å². The summed E-state index contributed by atoms with van der Waals surface area (Å²) in [7, 11) is 0. The van der Waals surface area contributed by atoms with E-state index in [4.69, 9.17) is 10.6 Å². The first-order chi connectivity index (χ1) is 13.2. The molecule has 2 amide bonds. The number of piperidine rings is 1. The van der Waals surface area contributed by atoms with Crippen molar-refractivity contribution in [3.05, 3.63) is 65.7 Å². The van der Waals surface area contributed by atoms with E-state index in [1.807, 2.05) is 30.3 Å². The second kappa shape index (κ2) is 9.19. The van der Waals surface area contributed by atoms with Crippen LogP contribution >= 0.6 is 0 Å². The Kier molecular flexibility index (Phi) is 6.44. The maximum absolute atomic E-state index is 12.8. The lowest BCUT2D eigenvalue weighted by atomic mass is 9.96. The SMILES string of the molecule is NNC(=O)C1CCCN(C(=O)c2cccc(OCCc3ccccc3)c2)C1. The number of ether oxygens (including phenoxy) is 1. The zero-order valence-electron chi connectivity index (χ0n) is 15.3. The third-order valence-corrected chi connectivity index (χ3v) is 4.80. The highest BCUT2D eigenvalue weighted by molar-refractivity contribution is 5.95. The molecule has 1 aliphatic rings. The van der Waals surface area contributed by atoms with Crippen LogP contribution in [0.3, 0.4) is 0 Å². The monoisotopic (exact) mass is 367 g/mol. The molecule has 2 aromatic rings. The van der Waals surface area contributed by atoms with Crippen molar-refractivity contribution in [2.45, 2.75) is 19.3 Å². The third-order valence-electron chi connectivity index (χ3n) is 4.80. The zero-order chi connectivity index (χ0) is 19.1. The summed E-state index contributed by atoms with van der Waals surface area (Å²) in [6, 6.07) is 17.3. The summed E-state index contributed by atoms with van der Waals surface area (Å²) in [5.41, 5.74) is 3.96. The first kappa shape index (κ1) is 18.9. The van der Waals surface area contributed by atoms with E-state index in [-0.39, 0.29) is 17.7 Å². The maximum Gasteiger partial charge on any atom is 0.254 e. The highest BCUT2D eigenvalue weighted by atomic mass is 16.5. The van der Waals surface area contributed by atoms with E-state index in [0.29, 0.717) is 31.0 Å². The first-order valence-corrected chi connectivity index (χ1v) is 9.24. The van der Waals surface area contributed by atoms with Crippen LogP contribution in [0, 0.1) is 5.92 Å². The summed E-state index contributed by atoms with van der Waals surface area (Å²) in [5.74, 6) is 5.34. The number of carbonyl (C=O) groups excluding carboxylic acids is 2. The Bertz CT molecular complexity index is 779. The van der Waals surface area contributed by atoms with E-state index in [1.54, 1.807) is 17.0 Å². The van der Waals surface area contributed by atoms with Crippen molar-refractivity contribution in [1.29, 1.82) is 0 Å². The van der Waals surface area contributed by atoms with E-state index >= 15 is 0 Å². The topological polar surface area (TPSA) is 84.7 Å². The number of hydrogen-bond donors (Lipinski definition) is 2. The van der Waals surface area contributed by atoms with Gasteiger partial charge in [0, 0.05) is 25.1 Å². The third kappa shape index (κ3) is 5.08. The average molecular weight is 367 g/mol. The normalized spacial score (nSPS) is 16.6. The van der Waals surface area contributed by atoms with Gasteiger partial charge in [-0.1, -0.05) is 36.4 Å². The summed E-state index contributed by atoms with van der Waals surface area (Å²) >= 11 is 0. The van der Waals surface area contributed by atoms with Crippen molar-refractivity contribution >= 4 is 11.8 Å². The van der Waals surface area contributed by atoms with E-state index in [0.717, 1.165) is 19.3 Å². The van der Waals surface area contributed by atoms with E-state index < -0.39 is 0 Å². The molecule has 0 radical (unpaired) electrons. The van der Waals surface area contributed by atoms with Crippen LogP contribution in [0.2, 0.25) is 0 Å². The molecule has 1 fully saturated rings. The van der Waals surface area contributed by atoms with Gasteiger partial charge in [0.1, 0.15) is 5.75 Å². The molecule has 6 heteroatoms. The van der Waals surface area contributed by atoms with Crippen LogP contribution < -0.4 is 16.0 Å². The molecule has 0 saturated carbocycles. The molecule has 1 heterocycles. The molecule has 0 bridgehead atoms. The lowest BCUT2D eigenvalue weighted by Crippen LogP contribution is -2.47. The molecule has 3 rings (SSSR count). The van der Waals surface area contributed by atoms with Gasteiger partial charge in [0.2, 0.25) is 5.91 Å². The van der Waals surface area contributed by atoms with Crippen LogP contribution in [0.1, 0.15) is 28.8 Å². The Hall–Kier alpha value is -2.86. The molecule has 27 heavy (non-hydrogen) atoms. The second-order valence-corrected chi connectivity index (χ2v) is 6.71. The highest BCUT2D eigenvalue weighted by Crippen LogP contribution is 2.21. The molecule has 1 saturated heterocycles. The second-order valence-electron chi connectivity index (χ2n) is 6.71. The summed E-state index contributed by atoms with van der Waals surface area (Å²) in [6.07, 6.45) is 2.34. The lowest BCUT2D eigenvalue weighted by Gasteiger charge is -2.31. The molecule has 0 aromatic heterocycles. The minimum Gasteiger partial charge on any atom is -0.493 e. The molecule has 2 aromatic carbocycles. The summed E-state index contributed by atoms with van der Waals surface area (Å²) < 4.78 is 5.81. The van der Waals surface area contributed by atoms with Gasteiger partial charge in [-0.15, -0.1) is 0 Å². The van der Waals surface area contributed by atoms with Gasteiger partial charge in [-0.25, -0.2) is 5.84 Å². The summed E-state index contributed by atoms with van der Waals surface area (Å²) in [4.78, 5) is 26.3. The number of benzene rings is 2. The number of nitrogens with zero attached hydrogens (tertiary/aromatic N) is 1. The number of nitrogens with one attached hydrogen (secondary N) is 1. The Balaban J connectivity index is 1.59. The Labute approximate surface area is 159 Å². The Morgan fingerprint density at radius 1 is 1.15 bits per heavy atom. The predicted molar refractivity (Wildman–Crippen MR) is 103 cm³/mol. The van der Waals surface area contributed by atoms with Crippen LogP contribution in [0.25, 0.3) is 0 Å². The number of likely N-dealkylation sites (tertiary alicyclic amines) is 1. The van der Waals surface area contributed by atoms with Crippen LogP contribution in [0.5, 0.6) is 5.75 Å². The van der Waals surface area contributed by atoms with Gasteiger partial charge < -0.3 is 9.64 Å². The molecule has 1 aliphatic heterocycles. The van der Waals surface area contributed by atoms with Crippen molar-refractivity contribution in [2.24, 2.45) is 11.8 Å². The molecule has 1 atom stereocenters. The van der Waals surface area contributed by atoms with Gasteiger partial charge >= 0.3 is 0 Å². The molecule has 1 unspecified atom stereocenters. The number of amides is 2. The fraction of sp³-hybridized carbons (Fsp3) is 0.333. The van der Waals surface area contributed by atoms with Gasteiger partial charge in [0.15, 0.2) is 0 Å². The molecule has 0 aliphatic carbocycles. The minimum atomic E-state index is -0.252. The maximum atomic E-state index is 12.8. The fourth-order valence-corrected chi connectivity index (χ4v) is 3.33. The van der Waals surface area contributed by atoms with Gasteiger partial charge in [0.05, 0.1) is 12.5 Å². The van der Waals surface area contributed by atoms with Crippen LogP contribution in [-0.4, -0.2) is 36.4 Å². The number of hydrogen-bond acceptors (Lipinski definition) is 4. The van der Waals surface area contributed by atoms with Crippen molar-refractivity contribution in [3.8, 4) is 5.75 Å². The number of carbonyl (C=O) groups is 2. The quantitative estimate of drug-likeness (QED) is 0.465. The largest absolute Gasteiger partial charge is 0.493 e. The van der Waals surface area contributed by atoms with E-state index in [2.05, 4.69) is 17.6 Å². The average Bonchev–Trinajstić information content (AvgIpc) is 2.73. The number of rotatable bonds is 6. The van der Waals surface area contributed by atoms with Crippen molar-refractivity contribution in [1.82, 2.24) is 10.3 Å². The molecule has 142 valence electrons. The van der Waals surface area contributed by atoms with Crippen LogP contribution in [-0.2, 0) is 11.2 Å². The molecular weight excluding hydrogens is 342 g/mol. The highest BCUT2D eigenvalue weighted by Gasteiger charge is 2.28.